The molecule has 1 atom stereocenters. The van der Waals surface area contributed by atoms with Crippen LogP contribution in [0.5, 0.6) is 0 Å². The summed E-state index contributed by atoms with van der Waals surface area (Å²) in [5.74, 6) is 0. The van der Waals surface area contributed by atoms with E-state index in [9.17, 15) is 0 Å². The molecule has 0 saturated carbocycles. The zero-order chi connectivity index (χ0) is 8.93. The number of rotatable bonds is 3. The SMILES string of the molecule is c1cnc(CNC2CCOC2)cn1. The van der Waals surface area contributed by atoms with Gasteiger partial charge in [0.1, 0.15) is 0 Å². The van der Waals surface area contributed by atoms with Crippen LogP contribution in [0.2, 0.25) is 0 Å². The van der Waals surface area contributed by atoms with Crippen molar-refractivity contribution in [1.29, 1.82) is 0 Å². The van der Waals surface area contributed by atoms with Crippen LogP contribution in [0.3, 0.4) is 0 Å². The third kappa shape index (κ3) is 2.47. The fourth-order valence-corrected chi connectivity index (χ4v) is 1.37. The Kier molecular flexibility index (Phi) is 2.84. The van der Waals surface area contributed by atoms with E-state index in [-0.39, 0.29) is 0 Å². The summed E-state index contributed by atoms with van der Waals surface area (Å²) in [6.45, 7) is 2.47. The molecule has 13 heavy (non-hydrogen) atoms. The summed E-state index contributed by atoms with van der Waals surface area (Å²) in [6.07, 6.45) is 6.27. The monoisotopic (exact) mass is 179 g/mol. The van der Waals surface area contributed by atoms with Gasteiger partial charge in [0.2, 0.25) is 0 Å². The van der Waals surface area contributed by atoms with Crippen molar-refractivity contribution in [2.45, 2.75) is 19.0 Å². The smallest absolute Gasteiger partial charge is 0.0724 e. The van der Waals surface area contributed by atoms with Crippen molar-refractivity contribution in [3.05, 3.63) is 24.3 Å². The van der Waals surface area contributed by atoms with Gasteiger partial charge in [0.25, 0.3) is 0 Å². The van der Waals surface area contributed by atoms with Crippen molar-refractivity contribution in [2.24, 2.45) is 0 Å². The summed E-state index contributed by atoms with van der Waals surface area (Å²) in [4.78, 5) is 8.17. The summed E-state index contributed by atoms with van der Waals surface area (Å²) < 4.78 is 5.25. The van der Waals surface area contributed by atoms with Gasteiger partial charge in [0.05, 0.1) is 12.3 Å². The highest BCUT2D eigenvalue weighted by Crippen LogP contribution is 2.03. The first-order chi connectivity index (χ1) is 6.45. The van der Waals surface area contributed by atoms with Crippen LogP contribution in [0.25, 0.3) is 0 Å². The van der Waals surface area contributed by atoms with E-state index in [4.69, 9.17) is 4.74 Å². The molecule has 1 unspecified atom stereocenters. The van der Waals surface area contributed by atoms with Crippen LogP contribution in [-0.2, 0) is 11.3 Å². The fourth-order valence-electron chi connectivity index (χ4n) is 1.37. The van der Waals surface area contributed by atoms with Gasteiger partial charge in [-0.05, 0) is 6.42 Å². The van der Waals surface area contributed by atoms with Gasteiger partial charge in [-0.2, -0.15) is 0 Å². The van der Waals surface area contributed by atoms with Gasteiger partial charge in [0.15, 0.2) is 0 Å². The van der Waals surface area contributed by atoms with Crippen LogP contribution in [-0.4, -0.2) is 29.2 Å². The number of hydrogen-bond acceptors (Lipinski definition) is 4. The van der Waals surface area contributed by atoms with Crippen LogP contribution in [0.1, 0.15) is 12.1 Å². The highest BCUT2D eigenvalue weighted by atomic mass is 16.5. The molecular formula is C9H13N3O. The summed E-state index contributed by atoms with van der Waals surface area (Å²) in [5, 5.41) is 3.37. The lowest BCUT2D eigenvalue weighted by Gasteiger charge is -2.08. The molecule has 1 aromatic heterocycles. The topological polar surface area (TPSA) is 47.0 Å². The van der Waals surface area contributed by atoms with Crippen molar-refractivity contribution in [3.8, 4) is 0 Å². The second-order valence-corrected chi connectivity index (χ2v) is 3.14. The molecule has 1 fully saturated rings. The van der Waals surface area contributed by atoms with E-state index in [0.717, 1.165) is 31.9 Å². The molecule has 1 aliphatic heterocycles. The number of nitrogens with one attached hydrogen (secondary N) is 1. The van der Waals surface area contributed by atoms with Gasteiger partial charge in [-0.3, -0.25) is 9.97 Å². The molecule has 1 N–H and O–H groups in total. The van der Waals surface area contributed by atoms with Crippen molar-refractivity contribution in [3.63, 3.8) is 0 Å². The third-order valence-electron chi connectivity index (χ3n) is 2.12. The molecule has 0 aromatic carbocycles. The maximum atomic E-state index is 5.25. The molecule has 4 nitrogen and oxygen atoms in total. The first-order valence-electron chi connectivity index (χ1n) is 4.51. The Morgan fingerprint density at radius 3 is 3.23 bits per heavy atom. The van der Waals surface area contributed by atoms with E-state index in [2.05, 4.69) is 15.3 Å². The van der Waals surface area contributed by atoms with Crippen LogP contribution < -0.4 is 5.32 Å². The molecule has 2 rings (SSSR count). The molecule has 0 bridgehead atoms. The maximum absolute atomic E-state index is 5.25. The van der Waals surface area contributed by atoms with Gasteiger partial charge in [-0.15, -0.1) is 0 Å². The first-order valence-corrected chi connectivity index (χ1v) is 4.51. The second-order valence-electron chi connectivity index (χ2n) is 3.14. The fraction of sp³-hybridized carbons (Fsp3) is 0.556. The van der Waals surface area contributed by atoms with Crippen molar-refractivity contribution in [1.82, 2.24) is 15.3 Å². The lowest BCUT2D eigenvalue weighted by Crippen LogP contribution is -2.28. The molecule has 1 aliphatic rings. The molecule has 0 radical (unpaired) electrons. The molecule has 70 valence electrons. The first kappa shape index (κ1) is 8.59. The average Bonchev–Trinajstić information content (AvgIpc) is 2.69. The molecule has 0 spiro atoms. The van der Waals surface area contributed by atoms with E-state index in [1.165, 1.54) is 0 Å². The maximum Gasteiger partial charge on any atom is 0.0724 e. The molecule has 1 saturated heterocycles. The average molecular weight is 179 g/mol. The van der Waals surface area contributed by atoms with E-state index in [0.29, 0.717) is 6.04 Å². The lowest BCUT2D eigenvalue weighted by atomic mass is 10.2. The lowest BCUT2D eigenvalue weighted by molar-refractivity contribution is 0.189. The van der Waals surface area contributed by atoms with Crippen molar-refractivity contribution in [2.75, 3.05) is 13.2 Å². The normalized spacial score (nSPS) is 22.0. The van der Waals surface area contributed by atoms with Crippen LogP contribution in [0.15, 0.2) is 18.6 Å². The Balaban J connectivity index is 1.79. The summed E-state index contributed by atoms with van der Waals surface area (Å²) in [7, 11) is 0. The minimum atomic E-state index is 0.488. The van der Waals surface area contributed by atoms with Gasteiger partial charge in [0, 0.05) is 37.8 Å². The predicted octanol–water partition coefficient (Wildman–Crippen LogP) is 0.355. The minimum Gasteiger partial charge on any atom is -0.380 e. The van der Waals surface area contributed by atoms with Gasteiger partial charge in [-0.1, -0.05) is 0 Å². The van der Waals surface area contributed by atoms with E-state index in [1.807, 2.05) is 0 Å². The summed E-state index contributed by atoms with van der Waals surface area (Å²) in [6, 6.07) is 0.488. The largest absolute Gasteiger partial charge is 0.380 e. The van der Waals surface area contributed by atoms with Gasteiger partial charge >= 0.3 is 0 Å². The van der Waals surface area contributed by atoms with E-state index < -0.39 is 0 Å². The van der Waals surface area contributed by atoms with Crippen molar-refractivity contribution >= 4 is 0 Å². The standard InChI is InChI=1S/C9H13N3O/c1-4-13-7-8(1)12-6-9-5-10-2-3-11-9/h2-3,5,8,12H,1,4,6-7H2. The Hall–Kier alpha value is -1.00. The minimum absolute atomic E-state index is 0.488. The highest BCUT2D eigenvalue weighted by molar-refractivity contribution is 4.94. The molecule has 2 heterocycles. The number of nitrogens with zero attached hydrogens (tertiary/aromatic N) is 2. The zero-order valence-corrected chi connectivity index (χ0v) is 7.44. The summed E-state index contributed by atoms with van der Waals surface area (Å²) >= 11 is 0. The number of ether oxygens (including phenoxy) is 1. The number of hydrogen-bond donors (Lipinski definition) is 1. The highest BCUT2D eigenvalue weighted by Gasteiger charge is 2.14. The van der Waals surface area contributed by atoms with Crippen LogP contribution in [0, 0.1) is 0 Å². The third-order valence-corrected chi connectivity index (χ3v) is 2.12. The molecule has 0 amide bonds. The quantitative estimate of drug-likeness (QED) is 0.727. The molecule has 4 heteroatoms. The van der Waals surface area contributed by atoms with E-state index >= 15 is 0 Å². The van der Waals surface area contributed by atoms with Gasteiger partial charge in [-0.25, -0.2) is 0 Å². The molecular weight excluding hydrogens is 166 g/mol. The molecule has 1 aromatic rings. The Labute approximate surface area is 77.4 Å². The van der Waals surface area contributed by atoms with Gasteiger partial charge < -0.3 is 10.1 Å². The van der Waals surface area contributed by atoms with Crippen molar-refractivity contribution < 1.29 is 4.74 Å². The zero-order valence-electron chi connectivity index (χ0n) is 7.44. The number of aromatic nitrogens is 2. The Bertz CT molecular complexity index is 246. The molecule has 0 aliphatic carbocycles. The Morgan fingerprint density at radius 2 is 2.54 bits per heavy atom. The Morgan fingerprint density at radius 1 is 1.54 bits per heavy atom. The van der Waals surface area contributed by atoms with E-state index in [1.54, 1.807) is 18.6 Å². The second kappa shape index (κ2) is 4.30. The van der Waals surface area contributed by atoms with Crippen LogP contribution in [0.4, 0.5) is 0 Å². The van der Waals surface area contributed by atoms with Crippen LogP contribution >= 0.6 is 0 Å². The summed E-state index contributed by atoms with van der Waals surface area (Å²) in [5.41, 5.74) is 0.981. The predicted molar refractivity (Wildman–Crippen MR) is 48.1 cm³/mol.